The summed E-state index contributed by atoms with van der Waals surface area (Å²) >= 11 is 2.05. The standard InChI is InChI=1S/C14H21N3S/c1-10-12-6-7-15-8-13(12)17-14(16-10)9-18-11-4-2-3-5-11/h11,15H,2-9H2,1H3. The zero-order valence-corrected chi connectivity index (χ0v) is 11.9. The maximum atomic E-state index is 4.74. The summed E-state index contributed by atoms with van der Waals surface area (Å²) in [4.78, 5) is 9.43. The number of thioether (sulfide) groups is 1. The summed E-state index contributed by atoms with van der Waals surface area (Å²) < 4.78 is 0. The van der Waals surface area contributed by atoms with Crippen LogP contribution in [0.2, 0.25) is 0 Å². The summed E-state index contributed by atoms with van der Waals surface area (Å²) in [7, 11) is 0. The Labute approximate surface area is 113 Å². The van der Waals surface area contributed by atoms with Crippen LogP contribution < -0.4 is 5.32 Å². The molecule has 0 radical (unpaired) electrons. The lowest BCUT2D eigenvalue weighted by Gasteiger charge is -2.19. The zero-order chi connectivity index (χ0) is 12.4. The topological polar surface area (TPSA) is 37.8 Å². The second-order valence-corrected chi connectivity index (χ2v) is 6.58. The van der Waals surface area contributed by atoms with E-state index in [-0.39, 0.29) is 0 Å². The van der Waals surface area contributed by atoms with E-state index < -0.39 is 0 Å². The zero-order valence-electron chi connectivity index (χ0n) is 11.0. The molecule has 1 aliphatic heterocycles. The number of fused-ring (bicyclic) bond motifs is 1. The minimum Gasteiger partial charge on any atom is -0.311 e. The van der Waals surface area contributed by atoms with Crippen LogP contribution in [0.25, 0.3) is 0 Å². The van der Waals surface area contributed by atoms with Gasteiger partial charge in [-0.05, 0) is 38.3 Å². The van der Waals surface area contributed by atoms with E-state index in [0.29, 0.717) is 0 Å². The van der Waals surface area contributed by atoms with E-state index in [1.165, 1.54) is 42.6 Å². The smallest absolute Gasteiger partial charge is 0.138 e. The predicted octanol–water partition coefficient (Wildman–Crippen LogP) is 2.61. The molecular formula is C14H21N3S. The number of hydrogen-bond donors (Lipinski definition) is 1. The van der Waals surface area contributed by atoms with Crippen molar-refractivity contribution in [1.82, 2.24) is 15.3 Å². The van der Waals surface area contributed by atoms with Gasteiger partial charge >= 0.3 is 0 Å². The van der Waals surface area contributed by atoms with Gasteiger partial charge in [-0.3, -0.25) is 0 Å². The molecule has 1 saturated carbocycles. The van der Waals surface area contributed by atoms with Crippen molar-refractivity contribution < 1.29 is 0 Å². The van der Waals surface area contributed by atoms with Crippen LogP contribution in [0, 0.1) is 6.92 Å². The second-order valence-electron chi connectivity index (χ2n) is 5.29. The van der Waals surface area contributed by atoms with E-state index in [9.17, 15) is 0 Å². The fourth-order valence-corrected chi connectivity index (χ4v) is 4.10. The summed E-state index contributed by atoms with van der Waals surface area (Å²) in [6.45, 7) is 4.11. The molecule has 1 aromatic rings. The van der Waals surface area contributed by atoms with Crippen molar-refractivity contribution in [3.8, 4) is 0 Å². The molecule has 4 heteroatoms. The van der Waals surface area contributed by atoms with Crippen molar-refractivity contribution >= 4 is 11.8 Å². The van der Waals surface area contributed by atoms with Crippen LogP contribution in [0.3, 0.4) is 0 Å². The molecule has 0 saturated heterocycles. The van der Waals surface area contributed by atoms with Gasteiger partial charge in [0.1, 0.15) is 5.82 Å². The van der Waals surface area contributed by atoms with Crippen LogP contribution in [-0.2, 0) is 18.7 Å². The Morgan fingerprint density at radius 3 is 2.94 bits per heavy atom. The highest BCUT2D eigenvalue weighted by Gasteiger charge is 2.18. The van der Waals surface area contributed by atoms with Crippen LogP contribution in [0.15, 0.2) is 0 Å². The molecular weight excluding hydrogens is 242 g/mol. The van der Waals surface area contributed by atoms with Crippen LogP contribution in [-0.4, -0.2) is 21.8 Å². The Kier molecular flexibility index (Phi) is 3.85. The molecule has 1 aliphatic carbocycles. The van der Waals surface area contributed by atoms with Gasteiger partial charge in [-0.15, -0.1) is 0 Å². The van der Waals surface area contributed by atoms with E-state index in [0.717, 1.165) is 36.3 Å². The minimum absolute atomic E-state index is 0.850. The molecule has 1 N–H and O–H groups in total. The Balaban J connectivity index is 1.70. The first-order chi connectivity index (χ1) is 8.83. The monoisotopic (exact) mass is 263 g/mol. The lowest BCUT2D eigenvalue weighted by Crippen LogP contribution is -2.26. The van der Waals surface area contributed by atoms with Crippen LogP contribution in [0.5, 0.6) is 0 Å². The van der Waals surface area contributed by atoms with E-state index in [1.54, 1.807) is 0 Å². The fraction of sp³-hybridized carbons (Fsp3) is 0.714. The number of aryl methyl sites for hydroxylation is 1. The quantitative estimate of drug-likeness (QED) is 0.909. The van der Waals surface area contributed by atoms with Gasteiger partial charge < -0.3 is 5.32 Å². The molecule has 1 fully saturated rings. The van der Waals surface area contributed by atoms with Gasteiger partial charge in [0.05, 0.1) is 11.4 Å². The summed E-state index contributed by atoms with van der Waals surface area (Å²) in [6.07, 6.45) is 6.67. The number of nitrogens with one attached hydrogen (secondary N) is 1. The SMILES string of the molecule is Cc1nc(CSC2CCCC2)nc2c1CCNC2. The van der Waals surface area contributed by atoms with Crippen molar-refractivity contribution in [2.24, 2.45) is 0 Å². The Bertz CT molecular complexity index is 427. The van der Waals surface area contributed by atoms with Gasteiger partial charge in [0.15, 0.2) is 0 Å². The van der Waals surface area contributed by atoms with E-state index in [1.807, 2.05) is 0 Å². The Hall–Kier alpha value is -0.610. The number of aromatic nitrogens is 2. The first-order valence-electron chi connectivity index (χ1n) is 7.00. The molecule has 2 aliphatic rings. The molecule has 0 atom stereocenters. The summed E-state index contributed by atoms with van der Waals surface area (Å²) in [5.74, 6) is 2.02. The van der Waals surface area contributed by atoms with Gasteiger partial charge in [-0.2, -0.15) is 11.8 Å². The highest BCUT2D eigenvalue weighted by molar-refractivity contribution is 7.99. The van der Waals surface area contributed by atoms with E-state index in [2.05, 4.69) is 29.0 Å². The molecule has 2 heterocycles. The van der Waals surface area contributed by atoms with Crippen LogP contribution >= 0.6 is 11.8 Å². The van der Waals surface area contributed by atoms with Gasteiger partial charge in [-0.25, -0.2) is 9.97 Å². The molecule has 0 aromatic carbocycles. The molecule has 3 rings (SSSR count). The van der Waals surface area contributed by atoms with E-state index in [4.69, 9.17) is 4.98 Å². The lowest BCUT2D eigenvalue weighted by atomic mass is 10.1. The molecule has 0 amide bonds. The number of nitrogens with zero attached hydrogens (tertiary/aromatic N) is 2. The normalized spacial score (nSPS) is 20.1. The first kappa shape index (κ1) is 12.4. The molecule has 0 bridgehead atoms. The average molecular weight is 263 g/mol. The third-order valence-electron chi connectivity index (χ3n) is 3.94. The second kappa shape index (κ2) is 5.57. The van der Waals surface area contributed by atoms with Gasteiger partial charge in [0.2, 0.25) is 0 Å². The maximum Gasteiger partial charge on any atom is 0.138 e. The highest BCUT2D eigenvalue weighted by Crippen LogP contribution is 2.31. The molecule has 1 aromatic heterocycles. The Morgan fingerprint density at radius 1 is 1.28 bits per heavy atom. The summed E-state index contributed by atoms with van der Waals surface area (Å²) in [6, 6.07) is 0. The summed E-state index contributed by atoms with van der Waals surface area (Å²) in [5, 5.41) is 4.25. The van der Waals surface area contributed by atoms with Gasteiger partial charge in [0.25, 0.3) is 0 Å². The minimum atomic E-state index is 0.850. The molecule has 18 heavy (non-hydrogen) atoms. The number of hydrogen-bond acceptors (Lipinski definition) is 4. The molecule has 3 nitrogen and oxygen atoms in total. The van der Waals surface area contributed by atoms with Crippen LogP contribution in [0.1, 0.15) is 48.5 Å². The van der Waals surface area contributed by atoms with Crippen molar-refractivity contribution in [2.75, 3.05) is 6.54 Å². The lowest BCUT2D eigenvalue weighted by molar-refractivity contribution is 0.614. The van der Waals surface area contributed by atoms with Gasteiger partial charge in [-0.1, -0.05) is 12.8 Å². The van der Waals surface area contributed by atoms with Crippen molar-refractivity contribution in [3.05, 3.63) is 22.8 Å². The van der Waals surface area contributed by atoms with Crippen molar-refractivity contribution in [2.45, 2.75) is 56.6 Å². The largest absolute Gasteiger partial charge is 0.311 e. The van der Waals surface area contributed by atoms with Crippen molar-refractivity contribution in [3.63, 3.8) is 0 Å². The predicted molar refractivity (Wildman–Crippen MR) is 75.7 cm³/mol. The third kappa shape index (κ3) is 2.69. The molecule has 98 valence electrons. The maximum absolute atomic E-state index is 4.74. The van der Waals surface area contributed by atoms with Crippen molar-refractivity contribution in [1.29, 1.82) is 0 Å². The van der Waals surface area contributed by atoms with E-state index >= 15 is 0 Å². The first-order valence-corrected chi connectivity index (χ1v) is 8.05. The average Bonchev–Trinajstić information content (AvgIpc) is 2.90. The Morgan fingerprint density at radius 2 is 2.11 bits per heavy atom. The third-order valence-corrected chi connectivity index (χ3v) is 5.31. The number of rotatable bonds is 3. The fourth-order valence-electron chi connectivity index (χ4n) is 2.92. The highest BCUT2D eigenvalue weighted by atomic mass is 32.2. The molecule has 0 spiro atoms. The molecule has 0 unspecified atom stereocenters. The van der Waals surface area contributed by atoms with Gasteiger partial charge in [0, 0.05) is 17.5 Å². The van der Waals surface area contributed by atoms with Crippen LogP contribution in [0.4, 0.5) is 0 Å². The summed E-state index contributed by atoms with van der Waals surface area (Å²) in [5.41, 5.74) is 3.81.